The van der Waals surface area contributed by atoms with Crippen LogP contribution in [0.5, 0.6) is 0 Å². The predicted molar refractivity (Wildman–Crippen MR) is 133 cm³/mol. The number of carbonyl (C=O) groups is 2. The topological polar surface area (TPSA) is 63.6 Å². The molecule has 0 aliphatic heterocycles. The number of carbonyl (C=O) groups excluding carboxylic acids is 1. The van der Waals surface area contributed by atoms with E-state index < -0.39 is 17.8 Å². The van der Waals surface area contributed by atoms with E-state index >= 15 is 0 Å². The van der Waals surface area contributed by atoms with Crippen LogP contribution in [-0.4, -0.2) is 23.1 Å². The number of unbranched alkanes of at least 4 members (excludes halogenated alkanes) is 10. The summed E-state index contributed by atoms with van der Waals surface area (Å²) in [6.07, 6.45) is 21.8. The van der Waals surface area contributed by atoms with Gasteiger partial charge in [0.25, 0.3) is 0 Å². The summed E-state index contributed by atoms with van der Waals surface area (Å²) in [6, 6.07) is 0. The second kappa shape index (κ2) is 18.4. The summed E-state index contributed by atoms with van der Waals surface area (Å²) >= 11 is 0. The minimum atomic E-state index is -0.843. The van der Waals surface area contributed by atoms with Crippen molar-refractivity contribution < 1.29 is 19.4 Å². The zero-order valence-electron chi connectivity index (χ0n) is 21.4. The minimum Gasteiger partial charge on any atom is -0.481 e. The summed E-state index contributed by atoms with van der Waals surface area (Å²) in [5.41, 5.74) is 0. The fourth-order valence-electron chi connectivity index (χ4n) is 5.06. The number of hydrogen-bond donors (Lipinski definition) is 1. The maximum atomic E-state index is 12.7. The van der Waals surface area contributed by atoms with Crippen molar-refractivity contribution in [2.24, 2.45) is 17.8 Å². The van der Waals surface area contributed by atoms with Crippen molar-refractivity contribution in [2.45, 2.75) is 149 Å². The van der Waals surface area contributed by atoms with Gasteiger partial charge in [-0.25, -0.2) is 0 Å². The number of carboxylic acids is 1. The normalized spacial score (nSPS) is 19.8. The molecular formula is C28H52O4. The third-order valence-corrected chi connectivity index (χ3v) is 7.09. The summed E-state index contributed by atoms with van der Waals surface area (Å²) in [6.45, 7) is 6.74. The van der Waals surface area contributed by atoms with Crippen molar-refractivity contribution in [3.63, 3.8) is 0 Å². The third-order valence-electron chi connectivity index (χ3n) is 7.09. The first-order valence-corrected chi connectivity index (χ1v) is 13.9. The number of rotatable bonds is 19. The molecule has 0 bridgehead atoms. The quantitative estimate of drug-likeness (QED) is 0.158. The summed E-state index contributed by atoms with van der Waals surface area (Å²) in [4.78, 5) is 24.2. The average Bonchev–Trinajstić information content (AvgIpc) is 2.76. The lowest BCUT2D eigenvalue weighted by atomic mass is 9.79. The lowest BCUT2D eigenvalue weighted by Gasteiger charge is -2.28. The Morgan fingerprint density at radius 1 is 0.750 bits per heavy atom. The number of hydrogen-bond acceptors (Lipinski definition) is 3. The van der Waals surface area contributed by atoms with E-state index in [1.54, 1.807) is 0 Å². The summed E-state index contributed by atoms with van der Waals surface area (Å²) in [5.74, 6) is -1.26. The van der Waals surface area contributed by atoms with E-state index in [1.165, 1.54) is 70.6 Å². The predicted octanol–water partition coefficient (Wildman–Crippen LogP) is 8.32. The number of esters is 1. The van der Waals surface area contributed by atoms with Gasteiger partial charge in [-0.15, -0.1) is 0 Å². The molecule has 1 fully saturated rings. The van der Waals surface area contributed by atoms with Crippen molar-refractivity contribution in [1.29, 1.82) is 0 Å². The lowest BCUT2D eigenvalue weighted by molar-refractivity contribution is -0.164. The highest BCUT2D eigenvalue weighted by atomic mass is 16.5. The van der Waals surface area contributed by atoms with Gasteiger partial charge in [0.05, 0.1) is 11.8 Å². The zero-order valence-corrected chi connectivity index (χ0v) is 21.4. The Kier molecular flexibility index (Phi) is 16.6. The van der Waals surface area contributed by atoms with E-state index in [-0.39, 0.29) is 12.1 Å². The Labute approximate surface area is 198 Å². The van der Waals surface area contributed by atoms with Gasteiger partial charge in [-0.3, -0.25) is 9.59 Å². The van der Waals surface area contributed by atoms with Crippen LogP contribution in [0.2, 0.25) is 0 Å². The SMILES string of the molecule is CCCC(CCCCCCCCCCCCCC(C)C)OC(=O)C1CCCCC1C(=O)O. The molecule has 188 valence electrons. The fraction of sp³-hybridized carbons (Fsp3) is 0.929. The van der Waals surface area contributed by atoms with Crippen LogP contribution in [0.3, 0.4) is 0 Å². The van der Waals surface area contributed by atoms with Crippen LogP contribution in [0.25, 0.3) is 0 Å². The Bertz CT molecular complexity index is 488. The van der Waals surface area contributed by atoms with Gasteiger partial charge in [0, 0.05) is 0 Å². The summed E-state index contributed by atoms with van der Waals surface area (Å²) in [5, 5.41) is 9.43. The summed E-state index contributed by atoms with van der Waals surface area (Å²) < 4.78 is 5.82. The molecular weight excluding hydrogens is 400 g/mol. The van der Waals surface area contributed by atoms with E-state index in [4.69, 9.17) is 4.74 Å². The van der Waals surface area contributed by atoms with Gasteiger partial charge in [-0.2, -0.15) is 0 Å². The molecule has 4 heteroatoms. The Morgan fingerprint density at radius 3 is 1.69 bits per heavy atom. The Balaban J connectivity index is 2.10. The van der Waals surface area contributed by atoms with Crippen molar-refractivity contribution in [2.75, 3.05) is 0 Å². The molecule has 1 saturated carbocycles. The van der Waals surface area contributed by atoms with Crippen LogP contribution in [0.4, 0.5) is 0 Å². The molecule has 0 aromatic carbocycles. The molecule has 0 saturated heterocycles. The molecule has 0 aromatic rings. The molecule has 32 heavy (non-hydrogen) atoms. The largest absolute Gasteiger partial charge is 0.481 e. The minimum absolute atomic E-state index is 0.0421. The fourth-order valence-corrected chi connectivity index (χ4v) is 5.06. The van der Waals surface area contributed by atoms with Crippen LogP contribution >= 0.6 is 0 Å². The van der Waals surface area contributed by atoms with E-state index in [9.17, 15) is 14.7 Å². The Hall–Kier alpha value is -1.06. The van der Waals surface area contributed by atoms with E-state index in [0.717, 1.165) is 44.4 Å². The van der Waals surface area contributed by atoms with Crippen LogP contribution < -0.4 is 0 Å². The molecule has 1 aliphatic carbocycles. The monoisotopic (exact) mass is 452 g/mol. The van der Waals surface area contributed by atoms with Gasteiger partial charge in [0.15, 0.2) is 0 Å². The molecule has 0 amide bonds. The van der Waals surface area contributed by atoms with Crippen molar-refractivity contribution in [1.82, 2.24) is 0 Å². The highest BCUT2D eigenvalue weighted by molar-refractivity contribution is 5.81. The van der Waals surface area contributed by atoms with E-state index in [0.29, 0.717) is 12.8 Å². The van der Waals surface area contributed by atoms with Crippen LogP contribution in [-0.2, 0) is 14.3 Å². The van der Waals surface area contributed by atoms with E-state index in [2.05, 4.69) is 20.8 Å². The maximum Gasteiger partial charge on any atom is 0.310 e. The van der Waals surface area contributed by atoms with E-state index in [1.807, 2.05) is 0 Å². The summed E-state index contributed by atoms with van der Waals surface area (Å²) in [7, 11) is 0. The number of ether oxygens (including phenoxy) is 1. The first kappa shape index (κ1) is 29.0. The lowest BCUT2D eigenvalue weighted by Crippen LogP contribution is -2.35. The van der Waals surface area contributed by atoms with Gasteiger partial charge in [-0.1, -0.05) is 111 Å². The molecule has 0 aromatic heterocycles. The van der Waals surface area contributed by atoms with Gasteiger partial charge in [-0.05, 0) is 38.0 Å². The third kappa shape index (κ3) is 13.5. The number of aliphatic carboxylic acids is 1. The molecule has 3 atom stereocenters. The molecule has 1 aliphatic rings. The van der Waals surface area contributed by atoms with Crippen LogP contribution in [0, 0.1) is 17.8 Å². The molecule has 1 N–H and O–H groups in total. The maximum absolute atomic E-state index is 12.7. The zero-order chi connectivity index (χ0) is 23.6. The van der Waals surface area contributed by atoms with Gasteiger partial charge in [0.2, 0.25) is 0 Å². The number of carboxylic acid groups (broad SMARTS) is 1. The van der Waals surface area contributed by atoms with Gasteiger partial charge >= 0.3 is 11.9 Å². The van der Waals surface area contributed by atoms with Crippen molar-refractivity contribution >= 4 is 11.9 Å². The second-order valence-electron chi connectivity index (χ2n) is 10.5. The molecule has 0 radical (unpaired) electrons. The molecule has 4 nitrogen and oxygen atoms in total. The Morgan fingerprint density at radius 2 is 1.22 bits per heavy atom. The first-order valence-electron chi connectivity index (χ1n) is 13.9. The molecule has 0 heterocycles. The second-order valence-corrected chi connectivity index (χ2v) is 10.5. The standard InChI is InChI=1S/C28H52O4/c1-4-18-24(32-28(31)26-22-17-16-21-25(26)27(29)30)20-15-13-11-9-7-5-6-8-10-12-14-19-23(2)3/h23-26H,4-22H2,1-3H3,(H,29,30). The molecule has 3 unspecified atom stereocenters. The highest BCUT2D eigenvalue weighted by Crippen LogP contribution is 2.32. The van der Waals surface area contributed by atoms with Crippen molar-refractivity contribution in [3.05, 3.63) is 0 Å². The molecule has 1 rings (SSSR count). The first-order chi connectivity index (χ1) is 15.5. The highest BCUT2D eigenvalue weighted by Gasteiger charge is 2.37. The molecule has 0 spiro atoms. The average molecular weight is 453 g/mol. The smallest absolute Gasteiger partial charge is 0.310 e. The van der Waals surface area contributed by atoms with Crippen LogP contribution in [0.1, 0.15) is 143 Å². The van der Waals surface area contributed by atoms with Crippen molar-refractivity contribution in [3.8, 4) is 0 Å². The van der Waals surface area contributed by atoms with Gasteiger partial charge in [0.1, 0.15) is 6.10 Å². The van der Waals surface area contributed by atoms with Crippen LogP contribution in [0.15, 0.2) is 0 Å². The van der Waals surface area contributed by atoms with Gasteiger partial charge < -0.3 is 9.84 Å².